The van der Waals surface area contributed by atoms with Crippen LogP contribution in [-0.4, -0.2) is 21.7 Å². The van der Waals surface area contributed by atoms with Crippen LogP contribution >= 0.6 is 0 Å². The van der Waals surface area contributed by atoms with Crippen molar-refractivity contribution in [2.75, 3.05) is 5.32 Å². The molecule has 1 aromatic rings. The number of aromatic nitrogens is 2. The van der Waals surface area contributed by atoms with E-state index in [9.17, 15) is 0 Å². The first-order valence-corrected chi connectivity index (χ1v) is 3.81. The van der Waals surface area contributed by atoms with Gasteiger partial charge in [0.25, 0.3) is 0 Å². The number of fused-ring (bicyclic) bond motifs is 1. The maximum atomic E-state index is 4.21. The van der Waals surface area contributed by atoms with Gasteiger partial charge in [0.15, 0.2) is 5.82 Å². The molecule has 2 heterocycles. The van der Waals surface area contributed by atoms with E-state index in [0.717, 1.165) is 5.69 Å². The van der Waals surface area contributed by atoms with Gasteiger partial charge in [-0.15, -0.1) is 0 Å². The zero-order valence-electron chi connectivity index (χ0n) is 7.07. The number of nitrogens with zero attached hydrogens (tertiary/aromatic N) is 3. The summed E-state index contributed by atoms with van der Waals surface area (Å²) in [5.41, 5.74) is 0.794. The van der Waals surface area contributed by atoms with Gasteiger partial charge >= 0.3 is 0 Å². The Balaban J connectivity index is 2.46. The van der Waals surface area contributed by atoms with E-state index >= 15 is 0 Å². The molecule has 0 fully saturated rings. The molecule has 1 aliphatic heterocycles. The molecule has 0 bridgehead atoms. The molecule has 0 radical (unpaired) electrons. The van der Waals surface area contributed by atoms with Gasteiger partial charge in [-0.2, -0.15) is 0 Å². The molecule has 1 aliphatic rings. The minimum absolute atomic E-state index is 0.0995. The van der Waals surface area contributed by atoms with Gasteiger partial charge < -0.3 is 5.32 Å². The molecule has 1 aromatic heterocycles. The van der Waals surface area contributed by atoms with Gasteiger partial charge in [0.1, 0.15) is 6.33 Å². The third-order valence-electron chi connectivity index (χ3n) is 1.66. The van der Waals surface area contributed by atoms with E-state index in [1.54, 1.807) is 6.20 Å². The predicted octanol–water partition coefficient (Wildman–Crippen LogP) is 1.38. The molecule has 0 unspecified atom stereocenters. The molecular weight excluding hydrogens is 152 g/mol. The van der Waals surface area contributed by atoms with Crippen LogP contribution in [-0.2, 0) is 0 Å². The Labute approximate surface area is 70.8 Å². The van der Waals surface area contributed by atoms with Crippen LogP contribution in [0.25, 0.3) is 0 Å². The van der Waals surface area contributed by atoms with Crippen LogP contribution < -0.4 is 5.32 Å². The van der Waals surface area contributed by atoms with Crippen LogP contribution in [0.15, 0.2) is 17.5 Å². The molecule has 0 aromatic carbocycles. The molecule has 0 atom stereocenters. The normalized spacial score (nSPS) is 18.2. The van der Waals surface area contributed by atoms with Crippen molar-refractivity contribution < 1.29 is 0 Å². The topological polar surface area (TPSA) is 50.2 Å². The van der Waals surface area contributed by atoms with Crippen molar-refractivity contribution in [1.82, 2.24) is 9.97 Å². The molecule has 0 saturated heterocycles. The lowest BCUT2D eigenvalue weighted by molar-refractivity contribution is 0.764. The average molecular weight is 162 g/mol. The van der Waals surface area contributed by atoms with E-state index in [4.69, 9.17) is 0 Å². The Morgan fingerprint density at radius 1 is 1.42 bits per heavy atom. The van der Waals surface area contributed by atoms with E-state index in [1.165, 1.54) is 6.33 Å². The van der Waals surface area contributed by atoms with Crippen LogP contribution in [0.2, 0.25) is 0 Å². The van der Waals surface area contributed by atoms with E-state index in [-0.39, 0.29) is 5.54 Å². The van der Waals surface area contributed by atoms with Gasteiger partial charge in [0.2, 0.25) is 0 Å². The van der Waals surface area contributed by atoms with Crippen molar-refractivity contribution in [2.24, 2.45) is 4.99 Å². The van der Waals surface area contributed by atoms with Gasteiger partial charge in [-0.05, 0) is 13.8 Å². The maximum Gasteiger partial charge on any atom is 0.178 e. The van der Waals surface area contributed by atoms with Crippen LogP contribution in [0.3, 0.4) is 0 Å². The Morgan fingerprint density at radius 2 is 2.25 bits per heavy atom. The van der Waals surface area contributed by atoms with Gasteiger partial charge in [-0.3, -0.25) is 0 Å². The van der Waals surface area contributed by atoms with Crippen LogP contribution in [0.1, 0.15) is 13.8 Å². The summed E-state index contributed by atoms with van der Waals surface area (Å²) >= 11 is 0. The zero-order chi connectivity index (χ0) is 8.60. The Bertz CT molecular complexity index is 330. The summed E-state index contributed by atoms with van der Waals surface area (Å²) in [6.07, 6.45) is 5.08. The van der Waals surface area contributed by atoms with Crippen molar-refractivity contribution in [2.45, 2.75) is 19.4 Å². The zero-order valence-corrected chi connectivity index (χ0v) is 7.07. The van der Waals surface area contributed by atoms with Gasteiger partial charge in [0.05, 0.1) is 17.4 Å². The molecule has 4 heteroatoms. The largest absolute Gasteiger partial charge is 0.371 e. The molecule has 0 spiro atoms. The van der Waals surface area contributed by atoms with Gasteiger partial charge in [-0.25, -0.2) is 15.0 Å². The third kappa shape index (κ3) is 1.15. The lowest BCUT2D eigenvalue weighted by Gasteiger charge is -2.26. The average Bonchev–Trinajstić information content (AvgIpc) is 2.02. The lowest BCUT2D eigenvalue weighted by Crippen LogP contribution is -2.34. The summed E-state index contributed by atoms with van der Waals surface area (Å²) in [7, 11) is 0. The summed E-state index contributed by atoms with van der Waals surface area (Å²) in [5, 5.41) is 3.26. The molecule has 0 amide bonds. The van der Waals surface area contributed by atoms with E-state index in [2.05, 4.69) is 20.3 Å². The van der Waals surface area contributed by atoms with E-state index in [1.807, 2.05) is 20.1 Å². The summed E-state index contributed by atoms with van der Waals surface area (Å²) in [6, 6.07) is 0. The monoisotopic (exact) mass is 162 g/mol. The van der Waals surface area contributed by atoms with Gasteiger partial charge in [0, 0.05) is 6.21 Å². The molecule has 1 N–H and O–H groups in total. The Kier molecular flexibility index (Phi) is 1.36. The highest BCUT2D eigenvalue weighted by Gasteiger charge is 2.20. The second-order valence-corrected chi connectivity index (χ2v) is 3.36. The Hall–Kier alpha value is -1.45. The molecular formula is C8H10N4. The lowest BCUT2D eigenvalue weighted by atomic mass is 10.1. The standard InChI is InChI=1S/C8H10N4/c1-8(2)4-10-7-6(12-8)3-9-5-11-7/h3-5,12H,1-2H3. The maximum absolute atomic E-state index is 4.21. The van der Waals surface area contributed by atoms with Crippen LogP contribution in [0.5, 0.6) is 0 Å². The number of rotatable bonds is 0. The second kappa shape index (κ2) is 2.27. The molecule has 0 aliphatic carbocycles. The minimum Gasteiger partial charge on any atom is -0.371 e. The summed E-state index contributed by atoms with van der Waals surface area (Å²) in [5.74, 6) is 0.712. The fraction of sp³-hybridized carbons (Fsp3) is 0.375. The summed E-state index contributed by atoms with van der Waals surface area (Å²) in [6.45, 7) is 4.10. The van der Waals surface area contributed by atoms with Crippen molar-refractivity contribution in [3.63, 3.8) is 0 Å². The van der Waals surface area contributed by atoms with Crippen molar-refractivity contribution in [3.05, 3.63) is 12.5 Å². The second-order valence-electron chi connectivity index (χ2n) is 3.36. The van der Waals surface area contributed by atoms with Crippen molar-refractivity contribution >= 4 is 17.7 Å². The predicted molar refractivity (Wildman–Crippen MR) is 47.9 cm³/mol. The fourth-order valence-electron chi connectivity index (χ4n) is 1.12. The molecule has 62 valence electrons. The quantitative estimate of drug-likeness (QED) is 0.627. The minimum atomic E-state index is -0.0995. The molecule has 12 heavy (non-hydrogen) atoms. The number of aliphatic imine (C=N–C) groups is 1. The number of nitrogens with one attached hydrogen (secondary N) is 1. The van der Waals surface area contributed by atoms with Crippen LogP contribution in [0, 0.1) is 0 Å². The van der Waals surface area contributed by atoms with E-state index in [0.29, 0.717) is 5.82 Å². The number of hydrogen-bond donors (Lipinski definition) is 1. The molecule has 0 saturated carbocycles. The summed E-state index contributed by atoms with van der Waals surface area (Å²) in [4.78, 5) is 12.1. The first-order chi connectivity index (χ1) is 5.67. The molecule has 2 rings (SSSR count). The SMILES string of the molecule is CC1(C)C=Nc2ncncc2N1. The van der Waals surface area contributed by atoms with Crippen molar-refractivity contribution in [3.8, 4) is 0 Å². The fourth-order valence-corrected chi connectivity index (χ4v) is 1.12. The Morgan fingerprint density at radius 3 is 3.08 bits per heavy atom. The first-order valence-electron chi connectivity index (χ1n) is 3.81. The van der Waals surface area contributed by atoms with Crippen molar-refractivity contribution in [1.29, 1.82) is 0 Å². The number of hydrogen-bond acceptors (Lipinski definition) is 4. The van der Waals surface area contributed by atoms with Crippen LogP contribution in [0.4, 0.5) is 11.5 Å². The summed E-state index contributed by atoms with van der Waals surface area (Å²) < 4.78 is 0. The highest BCUT2D eigenvalue weighted by Crippen LogP contribution is 2.27. The third-order valence-corrected chi connectivity index (χ3v) is 1.66. The molecule has 4 nitrogen and oxygen atoms in total. The van der Waals surface area contributed by atoms with E-state index < -0.39 is 0 Å². The highest BCUT2D eigenvalue weighted by atomic mass is 15.1. The van der Waals surface area contributed by atoms with Gasteiger partial charge in [-0.1, -0.05) is 0 Å². The highest BCUT2D eigenvalue weighted by molar-refractivity contribution is 5.83. The smallest absolute Gasteiger partial charge is 0.178 e. The first kappa shape index (κ1) is 7.21. The number of anilines is 1.